The number of carbonyl (C=O) groups is 1. The normalized spacial score (nSPS) is 10.9. The molecule has 0 atom stereocenters. The summed E-state index contributed by atoms with van der Waals surface area (Å²) < 4.78 is 0. The number of H-pyrrole nitrogens is 1. The van der Waals surface area contributed by atoms with Crippen LogP contribution in [0.4, 0.5) is 0 Å². The Morgan fingerprint density at radius 3 is 2.62 bits per heavy atom. The minimum Gasteiger partial charge on any atom is -0.351 e. The number of aromatic nitrogens is 3. The molecule has 0 saturated heterocycles. The van der Waals surface area contributed by atoms with Gasteiger partial charge in [-0.25, -0.2) is 4.98 Å². The molecular weight excluding hydrogens is 344 g/mol. The van der Waals surface area contributed by atoms with Crippen LogP contribution in [-0.2, 0) is 17.8 Å². The third kappa shape index (κ3) is 4.02. The Morgan fingerprint density at radius 1 is 1.15 bits per heavy atom. The Kier molecular flexibility index (Phi) is 5.52. The molecule has 3 aromatic rings. The SMILES string of the molecule is Cc1ccccc1-c1nc(C)c(CNC(=O)CCc2c(C)n[nH]c2C)s1. The highest BCUT2D eigenvalue weighted by Crippen LogP contribution is 2.30. The van der Waals surface area contributed by atoms with Crippen LogP contribution in [0.5, 0.6) is 0 Å². The lowest BCUT2D eigenvalue weighted by Crippen LogP contribution is -2.23. The molecule has 2 heterocycles. The molecule has 0 aliphatic heterocycles. The van der Waals surface area contributed by atoms with Crippen LogP contribution >= 0.6 is 11.3 Å². The molecule has 6 heteroatoms. The van der Waals surface area contributed by atoms with Gasteiger partial charge in [0.1, 0.15) is 5.01 Å². The molecule has 1 amide bonds. The van der Waals surface area contributed by atoms with Gasteiger partial charge in [0.25, 0.3) is 0 Å². The molecule has 0 radical (unpaired) electrons. The summed E-state index contributed by atoms with van der Waals surface area (Å²) in [5.74, 6) is 0.0511. The summed E-state index contributed by atoms with van der Waals surface area (Å²) in [6.45, 7) is 8.56. The fourth-order valence-electron chi connectivity index (χ4n) is 2.97. The van der Waals surface area contributed by atoms with Crippen molar-refractivity contribution in [1.29, 1.82) is 0 Å². The average Bonchev–Trinajstić information content (AvgIpc) is 3.14. The summed E-state index contributed by atoms with van der Waals surface area (Å²) in [4.78, 5) is 18.0. The number of carbonyl (C=O) groups excluding carboxylic acids is 1. The van der Waals surface area contributed by atoms with Crippen molar-refractivity contribution in [2.75, 3.05) is 0 Å². The maximum atomic E-state index is 12.2. The van der Waals surface area contributed by atoms with Crippen molar-refractivity contribution in [2.24, 2.45) is 0 Å². The van der Waals surface area contributed by atoms with Crippen molar-refractivity contribution in [1.82, 2.24) is 20.5 Å². The number of nitrogens with zero attached hydrogens (tertiary/aromatic N) is 2. The van der Waals surface area contributed by atoms with Gasteiger partial charge in [-0.15, -0.1) is 11.3 Å². The number of rotatable bonds is 6. The first kappa shape index (κ1) is 18.3. The lowest BCUT2D eigenvalue weighted by atomic mass is 10.1. The van der Waals surface area contributed by atoms with E-state index in [2.05, 4.69) is 39.6 Å². The molecule has 0 fully saturated rings. The van der Waals surface area contributed by atoms with E-state index in [1.54, 1.807) is 11.3 Å². The van der Waals surface area contributed by atoms with Crippen LogP contribution in [0.1, 0.15) is 39.5 Å². The Balaban J connectivity index is 1.60. The lowest BCUT2D eigenvalue weighted by Gasteiger charge is -2.05. The fraction of sp³-hybridized carbons (Fsp3) is 0.350. The van der Waals surface area contributed by atoms with Crippen molar-refractivity contribution in [3.8, 4) is 10.6 Å². The van der Waals surface area contributed by atoms with E-state index in [1.807, 2.05) is 32.9 Å². The second-order valence-electron chi connectivity index (χ2n) is 6.53. The number of aryl methyl sites for hydroxylation is 4. The van der Waals surface area contributed by atoms with Gasteiger partial charge in [0.05, 0.1) is 17.9 Å². The van der Waals surface area contributed by atoms with E-state index in [0.717, 1.165) is 38.1 Å². The average molecular weight is 369 g/mol. The van der Waals surface area contributed by atoms with Crippen LogP contribution in [0.25, 0.3) is 10.6 Å². The van der Waals surface area contributed by atoms with E-state index in [4.69, 9.17) is 0 Å². The monoisotopic (exact) mass is 368 g/mol. The van der Waals surface area contributed by atoms with E-state index in [1.165, 1.54) is 5.56 Å². The quantitative estimate of drug-likeness (QED) is 0.690. The number of thiazole rings is 1. The van der Waals surface area contributed by atoms with Crippen molar-refractivity contribution in [3.05, 3.63) is 57.4 Å². The van der Waals surface area contributed by atoms with Crippen molar-refractivity contribution in [3.63, 3.8) is 0 Å². The topological polar surface area (TPSA) is 70.7 Å². The molecule has 0 unspecified atom stereocenters. The van der Waals surface area contributed by atoms with Gasteiger partial charge in [0.15, 0.2) is 0 Å². The fourth-order valence-corrected chi connectivity index (χ4v) is 4.06. The number of amides is 1. The van der Waals surface area contributed by atoms with E-state index in [0.29, 0.717) is 19.4 Å². The molecule has 136 valence electrons. The predicted molar refractivity (Wildman–Crippen MR) is 105 cm³/mol. The minimum atomic E-state index is 0.0511. The van der Waals surface area contributed by atoms with Crippen LogP contribution in [0, 0.1) is 27.7 Å². The highest BCUT2D eigenvalue weighted by molar-refractivity contribution is 7.15. The zero-order chi connectivity index (χ0) is 18.7. The summed E-state index contributed by atoms with van der Waals surface area (Å²) in [6.07, 6.45) is 1.17. The highest BCUT2D eigenvalue weighted by Gasteiger charge is 2.13. The maximum Gasteiger partial charge on any atom is 0.220 e. The molecule has 2 aromatic heterocycles. The van der Waals surface area contributed by atoms with Gasteiger partial charge in [-0.3, -0.25) is 9.89 Å². The van der Waals surface area contributed by atoms with E-state index < -0.39 is 0 Å². The molecule has 1 aromatic carbocycles. The molecule has 0 aliphatic carbocycles. The number of nitrogens with one attached hydrogen (secondary N) is 2. The lowest BCUT2D eigenvalue weighted by molar-refractivity contribution is -0.121. The summed E-state index contributed by atoms with van der Waals surface area (Å²) in [7, 11) is 0. The Morgan fingerprint density at radius 2 is 1.92 bits per heavy atom. The van der Waals surface area contributed by atoms with Gasteiger partial charge in [0, 0.05) is 22.6 Å². The Hall–Kier alpha value is -2.47. The second-order valence-corrected chi connectivity index (χ2v) is 7.62. The van der Waals surface area contributed by atoms with Crippen LogP contribution in [0.3, 0.4) is 0 Å². The van der Waals surface area contributed by atoms with Crippen molar-refractivity contribution in [2.45, 2.75) is 47.1 Å². The summed E-state index contributed by atoms with van der Waals surface area (Å²) in [6, 6.07) is 8.24. The van der Waals surface area contributed by atoms with E-state index in [-0.39, 0.29) is 5.91 Å². The predicted octanol–water partition coefficient (Wildman–Crippen LogP) is 4.02. The van der Waals surface area contributed by atoms with Crippen LogP contribution < -0.4 is 5.32 Å². The first-order valence-electron chi connectivity index (χ1n) is 8.75. The molecule has 26 heavy (non-hydrogen) atoms. The third-order valence-corrected chi connectivity index (χ3v) is 5.79. The number of benzene rings is 1. The molecule has 2 N–H and O–H groups in total. The van der Waals surface area contributed by atoms with Gasteiger partial charge in [-0.05, 0) is 45.2 Å². The van der Waals surface area contributed by atoms with Crippen molar-refractivity contribution >= 4 is 17.2 Å². The first-order chi connectivity index (χ1) is 12.5. The number of hydrogen-bond donors (Lipinski definition) is 2. The van der Waals surface area contributed by atoms with Crippen LogP contribution in [-0.4, -0.2) is 21.1 Å². The Bertz CT molecular complexity index is 906. The molecule has 0 bridgehead atoms. The summed E-state index contributed by atoms with van der Waals surface area (Å²) >= 11 is 1.65. The van der Waals surface area contributed by atoms with Crippen molar-refractivity contribution < 1.29 is 4.79 Å². The first-order valence-corrected chi connectivity index (χ1v) is 9.56. The zero-order valence-corrected chi connectivity index (χ0v) is 16.5. The summed E-state index contributed by atoms with van der Waals surface area (Å²) in [5, 5.41) is 11.2. The van der Waals surface area contributed by atoms with Gasteiger partial charge in [0.2, 0.25) is 5.91 Å². The molecule has 5 nitrogen and oxygen atoms in total. The van der Waals surface area contributed by atoms with Crippen LogP contribution in [0.15, 0.2) is 24.3 Å². The largest absolute Gasteiger partial charge is 0.351 e. The highest BCUT2D eigenvalue weighted by atomic mass is 32.1. The van der Waals surface area contributed by atoms with E-state index >= 15 is 0 Å². The maximum absolute atomic E-state index is 12.2. The summed E-state index contributed by atoms with van der Waals surface area (Å²) in [5.41, 5.74) is 6.49. The standard InChI is InChI=1S/C20H24N4OS/c1-12-7-5-6-8-16(12)20-22-15(4)18(26-20)11-21-19(25)10-9-17-13(2)23-24-14(17)3/h5-8H,9-11H2,1-4H3,(H,21,25)(H,23,24). The smallest absolute Gasteiger partial charge is 0.220 e. The van der Waals surface area contributed by atoms with Gasteiger partial charge < -0.3 is 5.32 Å². The van der Waals surface area contributed by atoms with Crippen LogP contribution in [0.2, 0.25) is 0 Å². The van der Waals surface area contributed by atoms with Gasteiger partial charge >= 0.3 is 0 Å². The zero-order valence-electron chi connectivity index (χ0n) is 15.6. The third-order valence-electron chi connectivity index (χ3n) is 4.60. The second kappa shape index (κ2) is 7.83. The minimum absolute atomic E-state index is 0.0511. The molecule has 0 spiro atoms. The number of hydrogen-bond acceptors (Lipinski definition) is 4. The van der Waals surface area contributed by atoms with Gasteiger partial charge in [-0.1, -0.05) is 24.3 Å². The molecule has 0 saturated carbocycles. The van der Waals surface area contributed by atoms with E-state index in [9.17, 15) is 4.79 Å². The molecular formula is C20H24N4OS. The molecule has 3 rings (SSSR count). The number of aromatic amines is 1. The van der Waals surface area contributed by atoms with Gasteiger partial charge in [-0.2, -0.15) is 5.10 Å². The Labute approximate surface area is 157 Å². The molecule has 0 aliphatic rings.